The van der Waals surface area contributed by atoms with E-state index >= 15 is 0 Å². The largest absolute Gasteiger partial charge is 0.484 e. The van der Waals surface area contributed by atoms with Crippen molar-refractivity contribution in [1.29, 1.82) is 0 Å². The Labute approximate surface area is 132 Å². The van der Waals surface area contributed by atoms with Crippen molar-refractivity contribution in [2.75, 3.05) is 19.8 Å². The van der Waals surface area contributed by atoms with Crippen LogP contribution in [0.4, 0.5) is 0 Å². The van der Waals surface area contributed by atoms with E-state index in [0.29, 0.717) is 12.4 Å². The average Bonchev–Trinajstić information content (AvgIpc) is 3.29. The molecule has 0 aliphatic heterocycles. The van der Waals surface area contributed by atoms with Gasteiger partial charge in [-0.1, -0.05) is 15.9 Å². The van der Waals surface area contributed by atoms with Crippen LogP contribution in [0.3, 0.4) is 0 Å². The molecule has 0 saturated heterocycles. The van der Waals surface area contributed by atoms with Gasteiger partial charge in [0.05, 0.1) is 6.61 Å². The zero-order chi connectivity index (χ0) is 15.2. The highest BCUT2D eigenvalue weighted by atomic mass is 79.9. The fourth-order valence-electron chi connectivity index (χ4n) is 1.91. The highest BCUT2D eigenvalue weighted by Gasteiger charge is 2.34. The molecule has 1 amide bonds. The van der Waals surface area contributed by atoms with E-state index in [9.17, 15) is 9.59 Å². The Morgan fingerprint density at radius 2 is 1.95 bits per heavy atom. The number of carbonyl (C=O) groups is 2. The molecule has 1 saturated carbocycles. The average molecular weight is 356 g/mol. The maximum Gasteiger partial charge on any atom is 0.325 e. The minimum Gasteiger partial charge on any atom is -0.484 e. The first-order valence-corrected chi connectivity index (χ1v) is 7.73. The zero-order valence-electron chi connectivity index (χ0n) is 11.9. The zero-order valence-corrected chi connectivity index (χ0v) is 13.5. The van der Waals surface area contributed by atoms with Crippen molar-refractivity contribution in [1.82, 2.24) is 4.90 Å². The summed E-state index contributed by atoms with van der Waals surface area (Å²) in [6.07, 6.45) is 1.87. The van der Waals surface area contributed by atoms with Crippen LogP contribution >= 0.6 is 15.9 Å². The molecule has 21 heavy (non-hydrogen) atoms. The highest BCUT2D eigenvalue weighted by Crippen LogP contribution is 2.27. The minimum absolute atomic E-state index is 0.00103. The molecule has 1 fully saturated rings. The summed E-state index contributed by atoms with van der Waals surface area (Å²) in [5.41, 5.74) is 0. The third kappa shape index (κ3) is 5.04. The molecule has 114 valence electrons. The number of esters is 1. The van der Waals surface area contributed by atoms with Gasteiger partial charge in [0.2, 0.25) is 0 Å². The van der Waals surface area contributed by atoms with E-state index in [4.69, 9.17) is 9.47 Å². The summed E-state index contributed by atoms with van der Waals surface area (Å²) in [5, 5.41) is 0. The van der Waals surface area contributed by atoms with Gasteiger partial charge in [0.1, 0.15) is 12.3 Å². The molecule has 0 heterocycles. The summed E-state index contributed by atoms with van der Waals surface area (Å²) in [7, 11) is 0. The first-order valence-electron chi connectivity index (χ1n) is 6.93. The monoisotopic (exact) mass is 355 g/mol. The molecule has 1 aliphatic carbocycles. The van der Waals surface area contributed by atoms with Gasteiger partial charge in [0.15, 0.2) is 6.61 Å². The SMILES string of the molecule is CCOC(=O)CN(C(=O)COc1ccc(Br)cc1)C1CC1. The summed E-state index contributed by atoms with van der Waals surface area (Å²) in [4.78, 5) is 25.3. The Hall–Kier alpha value is -1.56. The molecule has 1 aromatic carbocycles. The van der Waals surface area contributed by atoms with Crippen molar-refractivity contribution in [2.45, 2.75) is 25.8 Å². The molecule has 0 aromatic heterocycles. The van der Waals surface area contributed by atoms with Gasteiger partial charge in [-0.3, -0.25) is 9.59 Å². The van der Waals surface area contributed by atoms with Gasteiger partial charge in [-0.15, -0.1) is 0 Å². The number of halogens is 1. The lowest BCUT2D eigenvalue weighted by Gasteiger charge is -2.21. The predicted octanol–water partition coefficient (Wildman–Crippen LogP) is 2.38. The van der Waals surface area contributed by atoms with Crippen LogP contribution < -0.4 is 4.74 Å². The first kappa shape index (κ1) is 15.8. The highest BCUT2D eigenvalue weighted by molar-refractivity contribution is 9.10. The summed E-state index contributed by atoms with van der Waals surface area (Å²) in [6.45, 7) is 2.00. The van der Waals surface area contributed by atoms with Crippen molar-refractivity contribution < 1.29 is 19.1 Å². The van der Waals surface area contributed by atoms with Crippen LogP contribution in [0.5, 0.6) is 5.75 Å². The molecule has 0 atom stereocenters. The van der Waals surface area contributed by atoms with Crippen LogP contribution in [0.1, 0.15) is 19.8 Å². The maximum absolute atomic E-state index is 12.2. The number of hydrogen-bond donors (Lipinski definition) is 0. The number of rotatable bonds is 7. The topological polar surface area (TPSA) is 55.8 Å². The number of nitrogens with zero attached hydrogens (tertiary/aromatic N) is 1. The van der Waals surface area contributed by atoms with Crippen molar-refractivity contribution in [3.63, 3.8) is 0 Å². The van der Waals surface area contributed by atoms with E-state index < -0.39 is 0 Å². The molecule has 0 radical (unpaired) electrons. The van der Waals surface area contributed by atoms with Crippen molar-refractivity contribution in [3.05, 3.63) is 28.7 Å². The van der Waals surface area contributed by atoms with Crippen LogP contribution in [0, 0.1) is 0 Å². The molecule has 5 nitrogen and oxygen atoms in total. The van der Waals surface area contributed by atoms with Gasteiger partial charge < -0.3 is 14.4 Å². The summed E-state index contributed by atoms with van der Waals surface area (Å²) < 4.78 is 11.3. The quantitative estimate of drug-likeness (QED) is 0.704. The maximum atomic E-state index is 12.2. The van der Waals surface area contributed by atoms with Gasteiger partial charge in [0.25, 0.3) is 5.91 Å². The van der Waals surface area contributed by atoms with Crippen molar-refractivity contribution >= 4 is 27.8 Å². The number of ether oxygens (including phenoxy) is 2. The van der Waals surface area contributed by atoms with E-state index in [1.165, 1.54) is 0 Å². The normalized spacial score (nSPS) is 13.6. The summed E-state index contributed by atoms with van der Waals surface area (Å²) in [6, 6.07) is 7.40. The molecule has 1 aliphatic rings. The van der Waals surface area contributed by atoms with Crippen LogP contribution in [0.15, 0.2) is 28.7 Å². The number of hydrogen-bond acceptors (Lipinski definition) is 4. The lowest BCUT2D eigenvalue weighted by molar-refractivity contribution is -0.150. The lowest BCUT2D eigenvalue weighted by atomic mass is 10.3. The third-order valence-corrected chi connectivity index (χ3v) is 3.62. The second kappa shape index (κ2) is 7.45. The standard InChI is InChI=1S/C15H18BrNO4/c1-2-20-15(19)9-17(12-5-6-12)14(18)10-21-13-7-3-11(16)4-8-13/h3-4,7-8,12H,2,5-6,9-10H2,1H3. The Bertz CT molecular complexity index is 499. The molecular formula is C15H18BrNO4. The number of amides is 1. The number of carbonyl (C=O) groups excluding carboxylic acids is 2. The molecule has 1 aromatic rings. The van der Waals surface area contributed by atoms with Crippen LogP contribution in [-0.4, -0.2) is 42.6 Å². The van der Waals surface area contributed by atoms with Gasteiger partial charge in [-0.2, -0.15) is 0 Å². The van der Waals surface area contributed by atoms with Gasteiger partial charge >= 0.3 is 5.97 Å². The molecule has 6 heteroatoms. The second-order valence-corrected chi connectivity index (χ2v) is 5.72. The van der Waals surface area contributed by atoms with E-state index in [0.717, 1.165) is 17.3 Å². The molecule has 0 spiro atoms. The Kier molecular flexibility index (Phi) is 5.61. The molecule has 0 N–H and O–H groups in total. The van der Waals surface area contributed by atoms with Crippen LogP contribution in [0.25, 0.3) is 0 Å². The van der Waals surface area contributed by atoms with E-state index in [2.05, 4.69) is 15.9 Å². The second-order valence-electron chi connectivity index (χ2n) is 4.80. The smallest absolute Gasteiger partial charge is 0.325 e. The third-order valence-electron chi connectivity index (χ3n) is 3.09. The predicted molar refractivity (Wildman–Crippen MR) is 81.0 cm³/mol. The van der Waals surface area contributed by atoms with Crippen molar-refractivity contribution in [3.8, 4) is 5.75 Å². The summed E-state index contributed by atoms with van der Waals surface area (Å²) in [5.74, 6) is 0.0632. The van der Waals surface area contributed by atoms with Gasteiger partial charge in [-0.25, -0.2) is 0 Å². The minimum atomic E-state index is -0.374. The molecular weight excluding hydrogens is 338 g/mol. The fraction of sp³-hybridized carbons (Fsp3) is 0.467. The van der Waals surface area contributed by atoms with Crippen molar-refractivity contribution in [2.24, 2.45) is 0 Å². The van der Waals surface area contributed by atoms with Gasteiger partial charge in [0, 0.05) is 10.5 Å². The number of benzene rings is 1. The van der Waals surface area contributed by atoms with Crippen LogP contribution in [-0.2, 0) is 14.3 Å². The first-order chi connectivity index (χ1) is 10.1. The Morgan fingerprint density at radius 1 is 1.29 bits per heavy atom. The molecule has 0 bridgehead atoms. The van der Waals surface area contributed by atoms with Crippen LogP contribution in [0.2, 0.25) is 0 Å². The van der Waals surface area contributed by atoms with Gasteiger partial charge in [-0.05, 0) is 44.0 Å². The fourth-order valence-corrected chi connectivity index (χ4v) is 2.18. The Morgan fingerprint density at radius 3 is 2.52 bits per heavy atom. The van der Waals surface area contributed by atoms with E-state index in [1.54, 1.807) is 24.0 Å². The lowest BCUT2D eigenvalue weighted by Crippen LogP contribution is -2.40. The molecule has 0 unspecified atom stereocenters. The Balaban J connectivity index is 1.86. The summed E-state index contributed by atoms with van der Waals surface area (Å²) >= 11 is 3.34. The molecule has 2 rings (SSSR count). The van der Waals surface area contributed by atoms with E-state index in [-0.39, 0.29) is 31.1 Å². The van der Waals surface area contributed by atoms with E-state index in [1.807, 2.05) is 12.1 Å².